The van der Waals surface area contributed by atoms with Gasteiger partial charge in [0.1, 0.15) is 5.69 Å². The van der Waals surface area contributed by atoms with Gasteiger partial charge in [0, 0.05) is 12.2 Å². The first-order valence-electron chi connectivity index (χ1n) is 5.02. The topological polar surface area (TPSA) is 78.0 Å². The Morgan fingerprint density at radius 2 is 2.27 bits per heavy atom. The van der Waals surface area contributed by atoms with Gasteiger partial charge in [0.2, 0.25) is 0 Å². The molecule has 0 saturated heterocycles. The van der Waals surface area contributed by atoms with Crippen LogP contribution in [0, 0.1) is 0 Å². The number of H-pyrrole nitrogens is 1. The minimum absolute atomic E-state index is 0.239. The summed E-state index contributed by atoms with van der Waals surface area (Å²) < 4.78 is 0. The maximum atomic E-state index is 11.5. The lowest BCUT2D eigenvalue weighted by atomic mass is 10.1. The molecule has 0 fully saturated rings. The fraction of sp³-hybridized carbons (Fsp3) is 0.600. The average molecular weight is 211 g/mol. The number of carbonyl (C=O) groups excluding carboxylic acids is 1. The largest absolute Gasteiger partial charge is 0.392 e. The maximum Gasteiger partial charge on any atom is 0.271 e. The van der Waals surface area contributed by atoms with Gasteiger partial charge in [0.15, 0.2) is 0 Å². The lowest BCUT2D eigenvalue weighted by Gasteiger charge is -2.04. The van der Waals surface area contributed by atoms with Crippen LogP contribution in [0.1, 0.15) is 42.9 Å². The van der Waals surface area contributed by atoms with Gasteiger partial charge < -0.3 is 10.4 Å². The summed E-state index contributed by atoms with van der Waals surface area (Å²) in [5.74, 6) is 0.0508. The molecule has 1 aromatic rings. The van der Waals surface area contributed by atoms with Crippen molar-refractivity contribution in [2.24, 2.45) is 0 Å². The van der Waals surface area contributed by atoms with Crippen molar-refractivity contribution in [2.75, 3.05) is 6.54 Å². The molecule has 0 bridgehead atoms. The van der Waals surface area contributed by atoms with Gasteiger partial charge in [-0.1, -0.05) is 13.8 Å². The quantitative estimate of drug-likeness (QED) is 0.684. The van der Waals surface area contributed by atoms with E-state index >= 15 is 0 Å². The maximum absolute atomic E-state index is 11.5. The highest BCUT2D eigenvalue weighted by molar-refractivity contribution is 5.92. The summed E-state index contributed by atoms with van der Waals surface area (Å²) in [7, 11) is 0. The van der Waals surface area contributed by atoms with Gasteiger partial charge >= 0.3 is 0 Å². The first kappa shape index (κ1) is 11.7. The lowest BCUT2D eigenvalue weighted by molar-refractivity contribution is 0.0919. The number of hydrogen-bond acceptors (Lipinski definition) is 3. The van der Waals surface area contributed by atoms with Crippen LogP contribution in [0.2, 0.25) is 0 Å². The van der Waals surface area contributed by atoms with Gasteiger partial charge in [0.25, 0.3) is 5.91 Å². The number of hydrogen-bond donors (Lipinski definition) is 3. The predicted molar refractivity (Wildman–Crippen MR) is 56.7 cm³/mol. The van der Waals surface area contributed by atoms with Crippen LogP contribution in [0.15, 0.2) is 6.07 Å². The monoisotopic (exact) mass is 211 g/mol. The van der Waals surface area contributed by atoms with Gasteiger partial charge in [-0.25, -0.2) is 0 Å². The Kier molecular flexibility index (Phi) is 3.85. The molecule has 0 spiro atoms. The van der Waals surface area contributed by atoms with Gasteiger partial charge in [-0.3, -0.25) is 9.89 Å². The molecule has 1 rings (SSSR count). The SMILES string of the molecule is CC(O)CNC(=O)c1cc(C(C)C)[nH]n1. The molecule has 1 atom stereocenters. The van der Waals surface area contributed by atoms with Crippen LogP contribution in [0.4, 0.5) is 0 Å². The number of carbonyl (C=O) groups is 1. The highest BCUT2D eigenvalue weighted by Crippen LogP contribution is 2.11. The average Bonchev–Trinajstić information content (AvgIpc) is 2.62. The van der Waals surface area contributed by atoms with Crippen LogP contribution >= 0.6 is 0 Å². The third-order valence-electron chi connectivity index (χ3n) is 2.01. The van der Waals surface area contributed by atoms with E-state index < -0.39 is 6.10 Å². The van der Waals surface area contributed by atoms with Crippen molar-refractivity contribution < 1.29 is 9.90 Å². The second-order valence-corrected chi connectivity index (χ2v) is 3.92. The highest BCUT2D eigenvalue weighted by atomic mass is 16.3. The van der Waals surface area contributed by atoms with Crippen molar-refractivity contribution in [1.82, 2.24) is 15.5 Å². The summed E-state index contributed by atoms with van der Waals surface area (Å²) in [6.45, 7) is 5.89. The molecule has 0 aliphatic rings. The molecule has 5 heteroatoms. The molecule has 0 radical (unpaired) electrons. The summed E-state index contributed by atoms with van der Waals surface area (Å²) in [5, 5.41) is 18.3. The summed E-state index contributed by atoms with van der Waals surface area (Å²) in [6, 6.07) is 1.72. The predicted octanol–water partition coefficient (Wildman–Crippen LogP) is 0.644. The van der Waals surface area contributed by atoms with Crippen molar-refractivity contribution in [2.45, 2.75) is 32.8 Å². The van der Waals surface area contributed by atoms with Crippen molar-refractivity contribution in [3.05, 3.63) is 17.5 Å². The second kappa shape index (κ2) is 4.93. The first-order valence-corrected chi connectivity index (χ1v) is 5.02. The zero-order valence-corrected chi connectivity index (χ0v) is 9.24. The van der Waals surface area contributed by atoms with Crippen LogP contribution in [-0.2, 0) is 0 Å². The number of aromatic nitrogens is 2. The molecule has 0 saturated carbocycles. The Morgan fingerprint density at radius 3 is 2.73 bits per heavy atom. The number of aliphatic hydroxyl groups excluding tert-OH is 1. The zero-order valence-electron chi connectivity index (χ0n) is 9.24. The minimum atomic E-state index is -0.544. The molecule has 3 N–H and O–H groups in total. The minimum Gasteiger partial charge on any atom is -0.392 e. The normalized spacial score (nSPS) is 12.9. The van der Waals surface area contributed by atoms with E-state index in [4.69, 9.17) is 5.11 Å². The summed E-state index contributed by atoms with van der Waals surface area (Å²) in [5.41, 5.74) is 1.29. The highest BCUT2D eigenvalue weighted by Gasteiger charge is 2.11. The van der Waals surface area contributed by atoms with Crippen LogP contribution in [-0.4, -0.2) is 33.9 Å². The third-order valence-corrected chi connectivity index (χ3v) is 2.01. The molecule has 5 nitrogen and oxygen atoms in total. The summed E-state index contributed by atoms with van der Waals surface area (Å²) >= 11 is 0. The van der Waals surface area contributed by atoms with E-state index in [1.54, 1.807) is 13.0 Å². The lowest BCUT2D eigenvalue weighted by Crippen LogP contribution is -2.30. The van der Waals surface area contributed by atoms with E-state index in [1.165, 1.54) is 0 Å². The van der Waals surface area contributed by atoms with Crippen molar-refractivity contribution in [3.8, 4) is 0 Å². The van der Waals surface area contributed by atoms with E-state index in [9.17, 15) is 4.79 Å². The Hall–Kier alpha value is -1.36. The second-order valence-electron chi connectivity index (χ2n) is 3.92. The molecular formula is C10H17N3O2. The van der Waals surface area contributed by atoms with Crippen LogP contribution in [0.5, 0.6) is 0 Å². The molecular weight excluding hydrogens is 194 g/mol. The molecule has 1 unspecified atom stereocenters. The van der Waals surface area contributed by atoms with Crippen LogP contribution in [0.25, 0.3) is 0 Å². The van der Waals surface area contributed by atoms with E-state index in [2.05, 4.69) is 15.5 Å². The summed E-state index contributed by atoms with van der Waals surface area (Å²) in [6.07, 6.45) is -0.544. The number of aromatic amines is 1. The van der Waals surface area contributed by atoms with Crippen LogP contribution < -0.4 is 5.32 Å². The van der Waals surface area contributed by atoms with Gasteiger partial charge in [-0.05, 0) is 18.9 Å². The standard InChI is InChI=1S/C10H17N3O2/c1-6(2)8-4-9(13-12-8)10(15)11-5-7(3)14/h4,6-7,14H,5H2,1-3H3,(H,11,15)(H,12,13). The Balaban J connectivity index is 2.58. The number of amides is 1. The third kappa shape index (κ3) is 3.36. The number of nitrogens with zero attached hydrogens (tertiary/aromatic N) is 1. The van der Waals surface area contributed by atoms with E-state index in [1.807, 2.05) is 13.8 Å². The number of aliphatic hydroxyl groups is 1. The van der Waals surface area contributed by atoms with Gasteiger partial charge in [-0.15, -0.1) is 0 Å². The molecule has 1 amide bonds. The molecule has 1 heterocycles. The Labute approximate surface area is 88.9 Å². The first-order chi connectivity index (χ1) is 7.00. The van der Waals surface area contributed by atoms with E-state index in [0.29, 0.717) is 11.6 Å². The molecule has 0 aromatic carbocycles. The molecule has 0 aliphatic carbocycles. The smallest absolute Gasteiger partial charge is 0.271 e. The van der Waals surface area contributed by atoms with Gasteiger partial charge in [-0.2, -0.15) is 5.10 Å². The number of rotatable bonds is 4. The number of nitrogens with one attached hydrogen (secondary N) is 2. The van der Waals surface area contributed by atoms with Crippen molar-refractivity contribution >= 4 is 5.91 Å². The summed E-state index contributed by atoms with van der Waals surface area (Å²) in [4.78, 5) is 11.5. The molecule has 1 aromatic heterocycles. The Morgan fingerprint density at radius 1 is 1.60 bits per heavy atom. The molecule has 0 aliphatic heterocycles. The molecule has 15 heavy (non-hydrogen) atoms. The van der Waals surface area contributed by atoms with Crippen LogP contribution in [0.3, 0.4) is 0 Å². The fourth-order valence-electron chi connectivity index (χ4n) is 1.08. The van der Waals surface area contributed by atoms with E-state index in [-0.39, 0.29) is 12.5 Å². The molecule has 84 valence electrons. The van der Waals surface area contributed by atoms with Crippen molar-refractivity contribution in [1.29, 1.82) is 0 Å². The van der Waals surface area contributed by atoms with Crippen molar-refractivity contribution in [3.63, 3.8) is 0 Å². The fourth-order valence-corrected chi connectivity index (χ4v) is 1.08. The zero-order chi connectivity index (χ0) is 11.4. The van der Waals surface area contributed by atoms with Gasteiger partial charge in [0.05, 0.1) is 6.10 Å². The van der Waals surface area contributed by atoms with E-state index in [0.717, 1.165) is 5.69 Å². The Bertz CT molecular complexity index is 331.